The molecule has 1 unspecified atom stereocenters. The molecule has 1 heterocycles. The molecule has 1 atom stereocenters. The molecular weight excluding hydrogens is 326 g/mol. The quantitative estimate of drug-likeness (QED) is 0.578. The van der Waals surface area contributed by atoms with Crippen molar-refractivity contribution in [2.45, 2.75) is 37.7 Å². The van der Waals surface area contributed by atoms with Crippen molar-refractivity contribution in [2.24, 2.45) is 5.92 Å². The smallest absolute Gasteiger partial charge is 0.233 e. The second kappa shape index (κ2) is 8.58. The van der Waals surface area contributed by atoms with Crippen molar-refractivity contribution in [3.8, 4) is 0 Å². The molecule has 8 heteroatoms. The lowest BCUT2D eigenvalue weighted by molar-refractivity contribution is -0.120. The van der Waals surface area contributed by atoms with Crippen LogP contribution in [-0.4, -0.2) is 43.7 Å². The molecule has 1 aromatic carbocycles. The van der Waals surface area contributed by atoms with E-state index < -0.39 is 5.25 Å². The summed E-state index contributed by atoms with van der Waals surface area (Å²) in [5.74, 6) is 0.0645. The molecule has 0 aliphatic rings. The molecule has 2 aromatic rings. The van der Waals surface area contributed by atoms with E-state index in [9.17, 15) is 9.59 Å². The van der Waals surface area contributed by atoms with Crippen molar-refractivity contribution < 1.29 is 9.59 Å². The van der Waals surface area contributed by atoms with Gasteiger partial charge in [-0.25, -0.2) is 4.68 Å². The largest absolute Gasteiger partial charge is 0.348 e. The first kappa shape index (κ1) is 18.1. The first-order valence-corrected chi connectivity index (χ1v) is 8.64. The van der Waals surface area contributed by atoms with E-state index in [1.165, 1.54) is 11.8 Å². The maximum absolute atomic E-state index is 12.2. The number of hydrogen-bond donors (Lipinski definition) is 1. The Morgan fingerprint density at radius 2 is 1.92 bits per heavy atom. The number of rotatable bonds is 8. The van der Waals surface area contributed by atoms with Crippen LogP contribution in [0.15, 0.2) is 35.5 Å². The van der Waals surface area contributed by atoms with Gasteiger partial charge in [-0.15, -0.1) is 5.10 Å². The van der Waals surface area contributed by atoms with Gasteiger partial charge in [-0.1, -0.05) is 55.9 Å². The summed E-state index contributed by atoms with van der Waals surface area (Å²) < 4.78 is 1.69. The van der Waals surface area contributed by atoms with E-state index in [1.807, 2.05) is 6.07 Å². The van der Waals surface area contributed by atoms with E-state index >= 15 is 0 Å². The molecule has 7 nitrogen and oxygen atoms in total. The minimum absolute atomic E-state index is 0.0231. The molecule has 0 radical (unpaired) electrons. The summed E-state index contributed by atoms with van der Waals surface area (Å²) in [5, 5.41) is 14.4. The van der Waals surface area contributed by atoms with Crippen molar-refractivity contribution in [3.05, 3.63) is 35.9 Å². The highest BCUT2D eigenvalue weighted by Gasteiger charge is 2.19. The van der Waals surface area contributed by atoms with Crippen molar-refractivity contribution in [3.63, 3.8) is 0 Å². The molecule has 1 N–H and O–H groups in total. The van der Waals surface area contributed by atoms with Crippen molar-refractivity contribution in [1.82, 2.24) is 25.5 Å². The van der Waals surface area contributed by atoms with Gasteiger partial charge in [0.1, 0.15) is 0 Å². The first-order valence-electron chi connectivity index (χ1n) is 7.76. The van der Waals surface area contributed by atoms with Crippen molar-refractivity contribution in [2.75, 3.05) is 6.54 Å². The third-order valence-electron chi connectivity index (χ3n) is 3.21. The Bertz CT molecular complexity index is 687. The third kappa shape index (κ3) is 5.16. The van der Waals surface area contributed by atoms with Crippen molar-refractivity contribution >= 4 is 23.5 Å². The molecule has 0 bridgehead atoms. The summed E-state index contributed by atoms with van der Waals surface area (Å²) >= 11 is 1.28. The van der Waals surface area contributed by atoms with Gasteiger partial charge in [0.2, 0.25) is 11.1 Å². The Balaban J connectivity index is 1.86. The number of benzene rings is 1. The minimum atomic E-state index is -0.398. The molecule has 0 spiro atoms. The van der Waals surface area contributed by atoms with Gasteiger partial charge in [-0.05, 0) is 23.3 Å². The summed E-state index contributed by atoms with van der Waals surface area (Å²) in [5.41, 5.74) is 0.582. The van der Waals surface area contributed by atoms with Gasteiger partial charge in [-0.2, -0.15) is 0 Å². The number of ketones is 1. The molecule has 0 saturated carbocycles. The molecular formula is C16H21N5O2S. The van der Waals surface area contributed by atoms with Crippen LogP contribution >= 0.6 is 11.8 Å². The third-order valence-corrected chi connectivity index (χ3v) is 4.28. The number of carbonyl (C=O) groups excluding carboxylic acids is 2. The second-order valence-corrected chi connectivity index (χ2v) is 7.11. The van der Waals surface area contributed by atoms with Gasteiger partial charge in [-0.3, -0.25) is 9.59 Å². The lowest BCUT2D eigenvalue weighted by Gasteiger charge is -2.12. The average molecular weight is 347 g/mol. The monoisotopic (exact) mass is 347 g/mol. The van der Waals surface area contributed by atoms with Gasteiger partial charge >= 0.3 is 0 Å². The van der Waals surface area contributed by atoms with Crippen LogP contribution in [0.25, 0.3) is 0 Å². The van der Waals surface area contributed by atoms with E-state index in [4.69, 9.17) is 0 Å². The van der Waals surface area contributed by atoms with Crippen LogP contribution in [-0.2, 0) is 11.3 Å². The highest BCUT2D eigenvalue weighted by molar-refractivity contribution is 8.00. The van der Waals surface area contributed by atoms with E-state index in [2.05, 4.69) is 34.7 Å². The van der Waals surface area contributed by atoms with Gasteiger partial charge in [0.15, 0.2) is 5.78 Å². The maximum Gasteiger partial charge on any atom is 0.233 e. The fraction of sp³-hybridized carbons (Fsp3) is 0.438. The van der Waals surface area contributed by atoms with Crippen molar-refractivity contribution in [1.29, 1.82) is 0 Å². The lowest BCUT2D eigenvalue weighted by atomic mass is 10.1. The van der Waals surface area contributed by atoms with Crippen LogP contribution in [0.5, 0.6) is 0 Å². The Hall–Kier alpha value is -2.22. The summed E-state index contributed by atoms with van der Waals surface area (Å²) in [7, 11) is 0. The van der Waals surface area contributed by atoms with Crippen LogP contribution in [0.3, 0.4) is 0 Å². The predicted molar refractivity (Wildman–Crippen MR) is 91.8 cm³/mol. The zero-order valence-corrected chi connectivity index (χ0v) is 14.8. The topological polar surface area (TPSA) is 89.8 Å². The number of carbonyl (C=O) groups is 2. The predicted octanol–water partition coefficient (Wildman–Crippen LogP) is 1.81. The lowest BCUT2D eigenvalue weighted by Crippen LogP contribution is -2.35. The summed E-state index contributed by atoms with van der Waals surface area (Å²) in [4.78, 5) is 24.2. The number of nitrogens with one attached hydrogen (secondary N) is 1. The van der Waals surface area contributed by atoms with Crippen LogP contribution < -0.4 is 5.32 Å². The number of tetrazole rings is 1. The number of nitrogens with zero attached hydrogens (tertiary/aromatic N) is 4. The summed E-state index contributed by atoms with van der Waals surface area (Å²) in [6.45, 7) is 6.57. The molecule has 0 saturated heterocycles. The number of Topliss-reactive ketones (excluding diaryl/α,β-unsaturated/α-hetero) is 1. The molecule has 128 valence electrons. The van der Waals surface area contributed by atoms with Crippen LogP contribution in [0.1, 0.15) is 31.1 Å². The fourth-order valence-corrected chi connectivity index (χ4v) is 2.81. The van der Waals surface area contributed by atoms with Crippen LogP contribution in [0.2, 0.25) is 0 Å². The van der Waals surface area contributed by atoms with Crippen LogP contribution in [0, 0.1) is 5.92 Å². The van der Waals surface area contributed by atoms with Gasteiger partial charge < -0.3 is 5.32 Å². The number of amides is 1. The Morgan fingerprint density at radius 3 is 2.58 bits per heavy atom. The van der Waals surface area contributed by atoms with E-state index in [1.54, 1.807) is 35.9 Å². The van der Waals surface area contributed by atoms with E-state index in [0.29, 0.717) is 23.2 Å². The van der Waals surface area contributed by atoms with Crippen LogP contribution in [0.4, 0.5) is 0 Å². The normalized spacial score (nSPS) is 12.2. The van der Waals surface area contributed by atoms with Gasteiger partial charge in [0.05, 0.1) is 11.8 Å². The van der Waals surface area contributed by atoms with Gasteiger partial charge in [0.25, 0.3) is 0 Å². The molecule has 2 rings (SSSR count). The molecule has 1 amide bonds. The Kier molecular flexibility index (Phi) is 6.48. The number of hydrogen-bond acceptors (Lipinski definition) is 6. The molecule has 0 aliphatic heterocycles. The zero-order valence-electron chi connectivity index (χ0n) is 14.0. The van der Waals surface area contributed by atoms with E-state index in [0.717, 1.165) is 0 Å². The SMILES string of the molecule is CC(C)Cn1nnnc1SC(C)C(=O)NCC(=O)c1ccccc1. The molecule has 0 aliphatic carbocycles. The molecule has 24 heavy (non-hydrogen) atoms. The Labute approximate surface area is 145 Å². The Morgan fingerprint density at radius 1 is 1.21 bits per heavy atom. The first-order chi connectivity index (χ1) is 11.5. The molecule has 0 fully saturated rings. The highest BCUT2D eigenvalue weighted by Crippen LogP contribution is 2.20. The number of thioether (sulfide) groups is 1. The summed E-state index contributed by atoms with van der Waals surface area (Å²) in [6.07, 6.45) is 0. The maximum atomic E-state index is 12.2. The zero-order chi connectivity index (χ0) is 17.5. The molecule has 1 aromatic heterocycles. The fourth-order valence-electron chi connectivity index (χ4n) is 1.99. The second-order valence-electron chi connectivity index (χ2n) is 5.80. The standard InChI is InChI=1S/C16H21N5O2S/c1-11(2)10-21-16(18-19-20-21)24-12(3)15(23)17-9-14(22)13-7-5-4-6-8-13/h4-8,11-12H,9-10H2,1-3H3,(H,17,23). The minimum Gasteiger partial charge on any atom is -0.348 e. The van der Waals surface area contributed by atoms with Gasteiger partial charge in [0, 0.05) is 12.1 Å². The average Bonchev–Trinajstić information content (AvgIpc) is 2.99. The van der Waals surface area contributed by atoms with E-state index in [-0.39, 0.29) is 18.2 Å². The highest BCUT2D eigenvalue weighted by atomic mass is 32.2. The summed E-state index contributed by atoms with van der Waals surface area (Å²) in [6, 6.07) is 8.89. The number of aromatic nitrogens is 4.